The van der Waals surface area contributed by atoms with Crippen molar-refractivity contribution in [1.29, 1.82) is 0 Å². The minimum atomic E-state index is -0.392. The molecule has 0 aliphatic heterocycles. The number of amides is 1. The lowest BCUT2D eigenvalue weighted by Gasteiger charge is -2.07. The molecule has 0 saturated heterocycles. The summed E-state index contributed by atoms with van der Waals surface area (Å²) >= 11 is 0. The van der Waals surface area contributed by atoms with Gasteiger partial charge in [0.15, 0.2) is 0 Å². The van der Waals surface area contributed by atoms with E-state index in [1.807, 2.05) is 31.2 Å². The molecule has 4 nitrogen and oxygen atoms in total. The lowest BCUT2D eigenvalue weighted by molar-refractivity contribution is -0.115. The van der Waals surface area contributed by atoms with Crippen LogP contribution in [0.4, 0.5) is 5.69 Å². The maximum Gasteiger partial charge on any atom is 0.338 e. The van der Waals surface area contributed by atoms with E-state index in [1.54, 1.807) is 31.2 Å². The van der Waals surface area contributed by atoms with Gasteiger partial charge in [-0.15, -0.1) is 0 Å². The summed E-state index contributed by atoms with van der Waals surface area (Å²) < 4.78 is 4.94. The van der Waals surface area contributed by atoms with E-state index in [0.29, 0.717) is 24.3 Å². The average molecular weight is 297 g/mol. The molecule has 0 unspecified atom stereocenters. The third-order valence-corrected chi connectivity index (χ3v) is 3.14. The highest BCUT2D eigenvalue weighted by molar-refractivity contribution is 5.95. The molecule has 4 heteroatoms. The van der Waals surface area contributed by atoms with Crippen molar-refractivity contribution >= 4 is 17.6 Å². The molecule has 0 aromatic heterocycles. The van der Waals surface area contributed by atoms with E-state index in [2.05, 4.69) is 5.32 Å². The Hall–Kier alpha value is -2.62. The van der Waals surface area contributed by atoms with Gasteiger partial charge in [-0.05, 0) is 37.6 Å². The van der Waals surface area contributed by atoms with Gasteiger partial charge >= 0.3 is 5.97 Å². The van der Waals surface area contributed by atoms with Crippen LogP contribution in [-0.2, 0) is 16.0 Å². The molecule has 2 aromatic rings. The minimum Gasteiger partial charge on any atom is -0.462 e. The van der Waals surface area contributed by atoms with Crippen molar-refractivity contribution in [3.8, 4) is 0 Å². The van der Waals surface area contributed by atoms with Crippen LogP contribution in [0.2, 0.25) is 0 Å². The SMILES string of the molecule is CCOC(=O)c1cccc(NC(=O)Cc2ccc(C)cc2)c1. The molecule has 0 aliphatic rings. The molecule has 1 amide bonds. The number of carbonyl (C=O) groups is 2. The molecule has 0 atom stereocenters. The monoisotopic (exact) mass is 297 g/mol. The maximum atomic E-state index is 12.0. The van der Waals surface area contributed by atoms with Crippen molar-refractivity contribution in [2.75, 3.05) is 11.9 Å². The molecule has 1 N–H and O–H groups in total. The summed E-state index contributed by atoms with van der Waals surface area (Å²) in [6.45, 7) is 4.08. The molecule has 0 bridgehead atoms. The number of ether oxygens (including phenoxy) is 1. The van der Waals surface area contributed by atoms with E-state index in [0.717, 1.165) is 11.1 Å². The zero-order valence-corrected chi connectivity index (χ0v) is 12.8. The van der Waals surface area contributed by atoms with Crippen LogP contribution in [0, 0.1) is 6.92 Å². The van der Waals surface area contributed by atoms with Gasteiger partial charge in [0.05, 0.1) is 18.6 Å². The van der Waals surface area contributed by atoms with Crippen molar-refractivity contribution in [2.24, 2.45) is 0 Å². The first-order valence-corrected chi connectivity index (χ1v) is 7.21. The predicted molar refractivity (Wildman–Crippen MR) is 85.9 cm³/mol. The normalized spacial score (nSPS) is 10.1. The van der Waals surface area contributed by atoms with Crippen LogP contribution in [0.3, 0.4) is 0 Å². The smallest absolute Gasteiger partial charge is 0.338 e. The van der Waals surface area contributed by atoms with Crippen LogP contribution in [-0.4, -0.2) is 18.5 Å². The van der Waals surface area contributed by atoms with Crippen molar-refractivity contribution in [3.63, 3.8) is 0 Å². The van der Waals surface area contributed by atoms with E-state index in [4.69, 9.17) is 4.74 Å². The highest BCUT2D eigenvalue weighted by Gasteiger charge is 2.09. The molecule has 22 heavy (non-hydrogen) atoms. The van der Waals surface area contributed by atoms with Crippen molar-refractivity contribution < 1.29 is 14.3 Å². The number of anilines is 1. The van der Waals surface area contributed by atoms with Crippen LogP contribution >= 0.6 is 0 Å². The second kappa shape index (κ2) is 7.41. The molecule has 0 saturated carbocycles. The van der Waals surface area contributed by atoms with Crippen LogP contribution in [0.1, 0.15) is 28.4 Å². The molecule has 0 aliphatic carbocycles. The van der Waals surface area contributed by atoms with Gasteiger partial charge in [0.25, 0.3) is 0 Å². The Morgan fingerprint density at radius 1 is 1.09 bits per heavy atom. The first-order valence-electron chi connectivity index (χ1n) is 7.21. The van der Waals surface area contributed by atoms with Gasteiger partial charge in [0.2, 0.25) is 5.91 Å². The zero-order chi connectivity index (χ0) is 15.9. The Bertz CT molecular complexity index is 662. The van der Waals surface area contributed by atoms with Gasteiger partial charge in [-0.25, -0.2) is 4.79 Å². The first kappa shape index (κ1) is 15.8. The second-order valence-corrected chi connectivity index (χ2v) is 5.01. The minimum absolute atomic E-state index is 0.120. The molecule has 0 radical (unpaired) electrons. The Labute approximate surface area is 130 Å². The van der Waals surface area contributed by atoms with Gasteiger partial charge in [-0.2, -0.15) is 0 Å². The third kappa shape index (κ3) is 4.45. The molecule has 114 valence electrons. The summed E-state index contributed by atoms with van der Waals surface area (Å²) in [5.41, 5.74) is 3.12. The second-order valence-electron chi connectivity index (χ2n) is 5.01. The Morgan fingerprint density at radius 2 is 1.82 bits per heavy atom. The standard InChI is InChI=1S/C18H19NO3/c1-3-22-18(21)15-5-4-6-16(12-15)19-17(20)11-14-9-7-13(2)8-10-14/h4-10,12H,3,11H2,1-2H3,(H,19,20). The Morgan fingerprint density at radius 3 is 2.50 bits per heavy atom. The summed E-state index contributed by atoms with van der Waals surface area (Å²) in [6, 6.07) is 14.6. The number of rotatable bonds is 5. The highest BCUT2D eigenvalue weighted by atomic mass is 16.5. The van der Waals surface area contributed by atoms with E-state index in [1.165, 1.54) is 0 Å². The largest absolute Gasteiger partial charge is 0.462 e. The first-order chi connectivity index (χ1) is 10.6. The third-order valence-electron chi connectivity index (χ3n) is 3.14. The maximum absolute atomic E-state index is 12.0. The molecule has 0 spiro atoms. The van der Waals surface area contributed by atoms with Crippen molar-refractivity contribution in [3.05, 3.63) is 65.2 Å². The molecule has 0 heterocycles. The van der Waals surface area contributed by atoms with Gasteiger partial charge in [-0.3, -0.25) is 4.79 Å². The van der Waals surface area contributed by atoms with Gasteiger partial charge < -0.3 is 10.1 Å². The zero-order valence-electron chi connectivity index (χ0n) is 12.8. The quantitative estimate of drug-likeness (QED) is 0.861. The summed E-state index contributed by atoms with van der Waals surface area (Å²) in [6.07, 6.45) is 0.296. The van der Waals surface area contributed by atoms with E-state index in [-0.39, 0.29) is 5.91 Å². The van der Waals surface area contributed by atoms with Gasteiger partial charge in [0.1, 0.15) is 0 Å². The van der Waals surface area contributed by atoms with E-state index < -0.39 is 5.97 Å². The fourth-order valence-corrected chi connectivity index (χ4v) is 2.03. The molecular formula is C18H19NO3. The topological polar surface area (TPSA) is 55.4 Å². The fourth-order valence-electron chi connectivity index (χ4n) is 2.03. The number of benzene rings is 2. The summed E-state index contributed by atoms with van der Waals surface area (Å²) in [4.78, 5) is 23.7. The lowest BCUT2D eigenvalue weighted by atomic mass is 10.1. The van der Waals surface area contributed by atoms with Crippen molar-refractivity contribution in [1.82, 2.24) is 0 Å². The van der Waals surface area contributed by atoms with Crippen LogP contribution in [0.5, 0.6) is 0 Å². The van der Waals surface area contributed by atoms with Gasteiger partial charge in [0, 0.05) is 5.69 Å². The van der Waals surface area contributed by atoms with Gasteiger partial charge in [-0.1, -0.05) is 35.9 Å². The number of hydrogen-bond acceptors (Lipinski definition) is 3. The van der Waals surface area contributed by atoms with Crippen LogP contribution in [0.25, 0.3) is 0 Å². The highest BCUT2D eigenvalue weighted by Crippen LogP contribution is 2.13. The molecular weight excluding hydrogens is 278 g/mol. The van der Waals surface area contributed by atoms with E-state index in [9.17, 15) is 9.59 Å². The fraction of sp³-hybridized carbons (Fsp3) is 0.222. The number of hydrogen-bond donors (Lipinski definition) is 1. The number of esters is 1. The summed E-state index contributed by atoms with van der Waals surface area (Å²) in [7, 11) is 0. The number of aryl methyl sites for hydroxylation is 1. The Balaban J connectivity index is 2.00. The number of carbonyl (C=O) groups excluding carboxylic acids is 2. The van der Waals surface area contributed by atoms with Crippen molar-refractivity contribution in [2.45, 2.75) is 20.3 Å². The summed E-state index contributed by atoms with van der Waals surface area (Å²) in [5.74, 6) is -0.512. The van der Waals surface area contributed by atoms with E-state index >= 15 is 0 Å². The molecule has 0 fully saturated rings. The van der Waals surface area contributed by atoms with Crippen LogP contribution < -0.4 is 5.32 Å². The number of nitrogens with one attached hydrogen (secondary N) is 1. The average Bonchev–Trinajstić information content (AvgIpc) is 2.50. The lowest BCUT2D eigenvalue weighted by Crippen LogP contribution is -2.15. The summed E-state index contributed by atoms with van der Waals surface area (Å²) in [5, 5.41) is 2.80. The Kier molecular flexibility index (Phi) is 5.31. The molecule has 2 aromatic carbocycles. The predicted octanol–water partition coefficient (Wildman–Crippen LogP) is 3.35. The molecule has 2 rings (SSSR count). The van der Waals surface area contributed by atoms with Crippen LogP contribution in [0.15, 0.2) is 48.5 Å².